The number of carbonyl (C=O) groups excluding carboxylic acids is 2. The van der Waals surface area contributed by atoms with Crippen LogP contribution in [-0.2, 0) is 11.2 Å². The molecule has 0 aromatic heterocycles. The number of benzene rings is 3. The second-order valence-electron chi connectivity index (χ2n) is 9.06. The third-order valence-corrected chi connectivity index (χ3v) is 6.24. The van der Waals surface area contributed by atoms with Gasteiger partial charge in [-0.25, -0.2) is 18.4 Å². The minimum absolute atomic E-state index is 0.0281. The summed E-state index contributed by atoms with van der Waals surface area (Å²) in [5.74, 6) is -1.42. The van der Waals surface area contributed by atoms with Gasteiger partial charge in [-0.2, -0.15) is 0 Å². The lowest BCUT2D eigenvalue weighted by molar-refractivity contribution is -0.132. The fraction of sp³-hybridized carbons (Fsp3) is 0.250. The van der Waals surface area contributed by atoms with Crippen LogP contribution in [0.2, 0.25) is 0 Å². The van der Waals surface area contributed by atoms with Gasteiger partial charge in [0.05, 0.1) is 30.3 Å². The van der Waals surface area contributed by atoms with E-state index in [1.807, 2.05) is 0 Å². The maximum Gasteiger partial charge on any atom is 0.335 e. The molecule has 1 aliphatic heterocycles. The zero-order valence-corrected chi connectivity index (χ0v) is 20.6. The molecule has 1 heterocycles. The second kappa shape index (κ2) is 11.7. The number of anilines is 2. The van der Waals surface area contributed by atoms with Crippen LogP contribution in [0.15, 0.2) is 66.7 Å². The second-order valence-corrected chi connectivity index (χ2v) is 9.06. The van der Waals surface area contributed by atoms with Gasteiger partial charge in [0.15, 0.2) is 0 Å². The molecule has 1 aliphatic rings. The summed E-state index contributed by atoms with van der Waals surface area (Å²) in [5, 5.41) is 14.1. The Morgan fingerprint density at radius 3 is 2.42 bits per heavy atom. The van der Waals surface area contributed by atoms with E-state index >= 15 is 0 Å². The highest BCUT2D eigenvalue weighted by molar-refractivity contribution is 6.00. The van der Waals surface area contributed by atoms with Gasteiger partial charge in [-0.3, -0.25) is 4.79 Å². The Morgan fingerprint density at radius 1 is 1.03 bits per heavy atom. The van der Waals surface area contributed by atoms with Gasteiger partial charge in [0, 0.05) is 12.1 Å². The topological polar surface area (TPSA) is 108 Å². The van der Waals surface area contributed by atoms with E-state index in [2.05, 4.69) is 10.6 Å². The predicted molar refractivity (Wildman–Crippen MR) is 138 cm³/mol. The van der Waals surface area contributed by atoms with Crippen LogP contribution in [0.1, 0.15) is 27.9 Å². The van der Waals surface area contributed by atoms with Gasteiger partial charge in [0.1, 0.15) is 24.3 Å². The number of hydrogen-bond acceptors (Lipinski definition) is 4. The van der Waals surface area contributed by atoms with Gasteiger partial charge < -0.3 is 25.4 Å². The Kier molecular flexibility index (Phi) is 8.20. The molecule has 1 fully saturated rings. The van der Waals surface area contributed by atoms with E-state index < -0.39 is 30.0 Å². The van der Waals surface area contributed by atoms with Crippen molar-refractivity contribution in [1.82, 2.24) is 4.90 Å². The van der Waals surface area contributed by atoms with Crippen LogP contribution < -0.4 is 15.4 Å². The Hall–Kier alpha value is -4.47. The molecule has 10 heteroatoms. The van der Waals surface area contributed by atoms with Gasteiger partial charge in [0.2, 0.25) is 5.91 Å². The van der Waals surface area contributed by atoms with Crippen LogP contribution in [0, 0.1) is 12.7 Å². The molecular formula is C28H27F2N3O5. The summed E-state index contributed by atoms with van der Waals surface area (Å²) in [6, 6.07) is 15.7. The fourth-order valence-corrected chi connectivity index (χ4v) is 4.30. The molecular weight excluding hydrogens is 496 g/mol. The van der Waals surface area contributed by atoms with E-state index in [1.54, 1.807) is 31.2 Å². The quantitative estimate of drug-likeness (QED) is 0.384. The van der Waals surface area contributed by atoms with Crippen molar-refractivity contribution in [3.05, 3.63) is 89.2 Å². The van der Waals surface area contributed by atoms with Crippen molar-refractivity contribution in [1.29, 1.82) is 0 Å². The highest BCUT2D eigenvalue weighted by atomic mass is 19.1. The molecule has 3 amide bonds. The Morgan fingerprint density at radius 2 is 1.74 bits per heavy atom. The molecule has 0 unspecified atom stereocenters. The van der Waals surface area contributed by atoms with Crippen LogP contribution >= 0.6 is 0 Å². The summed E-state index contributed by atoms with van der Waals surface area (Å²) < 4.78 is 33.7. The fourth-order valence-electron chi connectivity index (χ4n) is 4.30. The first-order valence-electron chi connectivity index (χ1n) is 12.0. The van der Waals surface area contributed by atoms with Crippen LogP contribution in [0.3, 0.4) is 0 Å². The van der Waals surface area contributed by atoms with Crippen LogP contribution in [-0.4, -0.2) is 53.3 Å². The lowest BCUT2D eigenvalue weighted by atomic mass is 10.1. The molecule has 4 rings (SSSR count). The molecule has 0 radical (unpaired) electrons. The van der Waals surface area contributed by atoms with E-state index in [0.29, 0.717) is 22.6 Å². The average molecular weight is 524 g/mol. The Labute approximate surface area is 218 Å². The monoisotopic (exact) mass is 523 g/mol. The van der Waals surface area contributed by atoms with E-state index in [0.717, 1.165) is 0 Å². The third-order valence-electron chi connectivity index (χ3n) is 6.24. The highest BCUT2D eigenvalue weighted by Crippen LogP contribution is 2.24. The predicted octanol–water partition coefficient (Wildman–Crippen LogP) is 5.04. The summed E-state index contributed by atoms with van der Waals surface area (Å²) in [5.41, 5.74) is 2.08. The summed E-state index contributed by atoms with van der Waals surface area (Å²) in [7, 11) is 0. The summed E-state index contributed by atoms with van der Waals surface area (Å²) in [4.78, 5) is 37.8. The normalized spacial score (nSPS) is 16.7. The van der Waals surface area contributed by atoms with Gasteiger partial charge >= 0.3 is 12.0 Å². The van der Waals surface area contributed by atoms with Crippen LogP contribution in [0.5, 0.6) is 5.75 Å². The number of aryl methyl sites for hydroxylation is 1. The molecule has 2 atom stereocenters. The third kappa shape index (κ3) is 6.64. The molecule has 3 aromatic carbocycles. The molecule has 38 heavy (non-hydrogen) atoms. The zero-order valence-electron chi connectivity index (χ0n) is 20.6. The molecule has 0 aliphatic carbocycles. The summed E-state index contributed by atoms with van der Waals surface area (Å²) >= 11 is 0. The number of amides is 3. The molecule has 3 N–H and O–H groups in total. The van der Waals surface area contributed by atoms with Gasteiger partial charge in [0.25, 0.3) is 0 Å². The molecule has 0 spiro atoms. The van der Waals surface area contributed by atoms with Crippen molar-refractivity contribution in [2.45, 2.75) is 32.0 Å². The molecule has 3 aromatic rings. The number of urea groups is 1. The van der Waals surface area contributed by atoms with Crippen molar-refractivity contribution in [2.24, 2.45) is 0 Å². The molecule has 1 saturated heterocycles. The van der Waals surface area contributed by atoms with Gasteiger partial charge in [-0.15, -0.1) is 0 Å². The number of carboxylic acid groups (broad SMARTS) is 1. The number of nitrogens with one attached hydrogen (secondary N) is 2. The first kappa shape index (κ1) is 26.6. The van der Waals surface area contributed by atoms with E-state index in [-0.39, 0.29) is 43.2 Å². The minimum atomic E-state index is -1.16. The van der Waals surface area contributed by atoms with Crippen molar-refractivity contribution < 1.29 is 33.0 Å². The summed E-state index contributed by atoms with van der Waals surface area (Å²) in [6.07, 6.45) is -0.972. The number of nitrogens with zero attached hydrogens (tertiary/aromatic N) is 1. The smallest absolute Gasteiger partial charge is 0.335 e. The lowest BCUT2D eigenvalue weighted by Crippen LogP contribution is -2.40. The Balaban J connectivity index is 1.34. The highest BCUT2D eigenvalue weighted by Gasteiger charge is 2.35. The molecule has 8 nitrogen and oxygen atoms in total. The number of rotatable bonds is 8. The number of alkyl halides is 1. The lowest BCUT2D eigenvalue weighted by Gasteiger charge is -2.24. The van der Waals surface area contributed by atoms with E-state index in [4.69, 9.17) is 9.84 Å². The number of halogens is 2. The van der Waals surface area contributed by atoms with E-state index in [9.17, 15) is 23.2 Å². The van der Waals surface area contributed by atoms with Crippen molar-refractivity contribution in [3.8, 4) is 5.75 Å². The summed E-state index contributed by atoms with van der Waals surface area (Å²) in [6.45, 7) is 1.82. The maximum atomic E-state index is 14.2. The first-order chi connectivity index (χ1) is 18.2. The largest absolute Gasteiger partial charge is 0.491 e. The molecule has 198 valence electrons. The van der Waals surface area contributed by atoms with Crippen molar-refractivity contribution >= 4 is 29.3 Å². The molecule has 0 saturated carbocycles. The Bertz CT molecular complexity index is 1330. The van der Waals surface area contributed by atoms with Crippen LogP contribution in [0.4, 0.5) is 25.0 Å². The number of ether oxygens (including phenoxy) is 1. The van der Waals surface area contributed by atoms with Gasteiger partial charge in [-0.1, -0.05) is 24.3 Å². The number of para-hydroxylation sites is 1. The number of aromatic carboxylic acids is 1. The standard InChI is InChI=1S/C28H27F2N3O5/c1-17-12-18(6-11-24(17)31-28(37)32-25-5-3-2-4-23(25)30)13-26(34)33-15-20(29)14-21(33)16-38-22-9-7-19(8-10-22)27(35)36/h2-12,20-21H,13-16H2,1H3,(H,35,36)(H2,31,32,37)/t20-,21-/m0/s1. The average Bonchev–Trinajstić information content (AvgIpc) is 3.26. The number of likely N-dealkylation sites (tertiary alicyclic amines) is 1. The molecule has 0 bridgehead atoms. The number of carbonyl (C=O) groups is 3. The van der Waals surface area contributed by atoms with Crippen LogP contribution in [0.25, 0.3) is 0 Å². The maximum absolute atomic E-state index is 14.2. The van der Waals surface area contributed by atoms with Crippen molar-refractivity contribution in [2.75, 3.05) is 23.8 Å². The zero-order chi connectivity index (χ0) is 27.2. The van der Waals surface area contributed by atoms with E-state index in [1.165, 1.54) is 47.4 Å². The van der Waals surface area contributed by atoms with Gasteiger partial charge in [-0.05, 0) is 60.5 Å². The first-order valence-corrected chi connectivity index (χ1v) is 12.0. The SMILES string of the molecule is Cc1cc(CC(=O)N2C[C@@H](F)C[C@H]2COc2ccc(C(=O)O)cc2)ccc1NC(=O)Nc1ccccc1F. The van der Waals surface area contributed by atoms with Crippen molar-refractivity contribution in [3.63, 3.8) is 0 Å². The number of hydrogen-bond donors (Lipinski definition) is 3. The number of carboxylic acids is 1. The minimum Gasteiger partial charge on any atom is -0.491 e.